The molecule has 0 amide bonds. The number of aromatic nitrogens is 6. The monoisotopic (exact) mass is 398 g/mol. The highest BCUT2D eigenvalue weighted by Gasteiger charge is 2.14. The zero-order chi connectivity index (χ0) is 20.7. The van der Waals surface area contributed by atoms with Gasteiger partial charge in [-0.25, -0.2) is 9.20 Å². The van der Waals surface area contributed by atoms with Crippen molar-refractivity contribution in [3.8, 4) is 22.6 Å². The van der Waals surface area contributed by atoms with Gasteiger partial charge in [-0.1, -0.05) is 59.3 Å². The SMILES string of the molecule is Cc1ccc(-c2cc3c(=O)n(Cc4nc(-c5ccccc5)no4)ncn3n2)c(C)c1. The summed E-state index contributed by atoms with van der Waals surface area (Å²) in [6, 6.07) is 17.4. The molecule has 0 atom stereocenters. The van der Waals surface area contributed by atoms with Gasteiger partial charge < -0.3 is 4.52 Å². The van der Waals surface area contributed by atoms with Gasteiger partial charge in [-0.3, -0.25) is 4.79 Å². The Balaban J connectivity index is 1.48. The molecule has 0 fully saturated rings. The lowest BCUT2D eigenvalue weighted by Gasteiger charge is -2.02. The Kier molecular flexibility index (Phi) is 4.24. The summed E-state index contributed by atoms with van der Waals surface area (Å²) in [6.45, 7) is 4.16. The highest BCUT2D eigenvalue weighted by Crippen LogP contribution is 2.23. The molecule has 0 saturated heterocycles. The Bertz CT molecular complexity index is 1410. The smallest absolute Gasteiger partial charge is 0.293 e. The van der Waals surface area contributed by atoms with Crippen LogP contribution in [0, 0.1) is 13.8 Å². The first-order valence-electron chi connectivity index (χ1n) is 9.49. The normalized spacial score (nSPS) is 11.3. The summed E-state index contributed by atoms with van der Waals surface area (Å²) in [7, 11) is 0. The van der Waals surface area contributed by atoms with Crippen LogP contribution in [-0.2, 0) is 6.54 Å². The van der Waals surface area contributed by atoms with Gasteiger partial charge in [0.1, 0.15) is 18.4 Å². The van der Waals surface area contributed by atoms with Gasteiger partial charge in [0, 0.05) is 11.1 Å². The average molecular weight is 398 g/mol. The maximum Gasteiger partial charge on any atom is 0.293 e. The Morgan fingerprint density at radius 1 is 1.03 bits per heavy atom. The first-order chi connectivity index (χ1) is 14.6. The molecule has 30 heavy (non-hydrogen) atoms. The number of nitrogens with zero attached hydrogens (tertiary/aromatic N) is 6. The third-order valence-electron chi connectivity index (χ3n) is 4.93. The van der Waals surface area contributed by atoms with Crippen LogP contribution in [0.5, 0.6) is 0 Å². The van der Waals surface area contributed by atoms with Crippen LogP contribution >= 0.6 is 0 Å². The van der Waals surface area contributed by atoms with E-state index in [4.69, 9.17) is 4.52 Å². The van der Waals surface area contributed by atoms with Gasteiger partial charge in [0.15, 0.2) is 0 Å². The second-order valence-corrected chi connectivity index (χ2v) is 7.15. The summed E-state index contributed by atoms with van der Waals surface area (Å²) >= 11 is 0. The summed E-state index contributed by atoms with van der Waals surface area (Å²) < 4.78 is 8.10. The van der Waals surface area contributed by atoms with Crippen molar-refractivity contribution in [2.75, 3.05) is 0 Å². The maximum atomic E-state index is 12.9. The van der Waals surface area contributed by atoms with Crippen LogP contribution in [0.15, 0.2) is 70.2 Å². The summed E-state index contributed by atoms with van der Waals surface area (Å²) in [5.41, 5.74) is 5.00. The van der Waals surface area contributed by atoms with E-state index in [1.807, 2.05) is 56.3 Å². The molecule has 3 heterocycles. The zero-order valence-electron chi connectivity index (χ0n) is 16.5. The van der Waals surface area contributed by atoms with Gasteiger partial charge in [0.25, 0.3) is 5.56 Å². The van der Waals surface area contributed by atoms with Crippen molar-refractivity contribution in [3.63, 3.8) is 0 Å². The molecule has 5 rings (SSSR count). The van der Waals surface area contributed by atoms with Crippen molar-refractivity contribution in [2.24, 2.45) is 0 Å². The minimum absolute atomic E-state index is 0.0826. The second kappa shape index (κ2) is 7.07. The average Bonchev–Trinajstić information content (AvgIpc) is 3.38. The van der Waals surface area contributed by atoms with Crippen molar-refractivity contribution >= 4 is 5.52 Å². The van der Waals surface area contributed by atoms with E-state index in [0.717, 1.165) is 22.4 Å². The molecular weight excluding hydrogens is 380 g/mol. The molecule has 0 bridgehead atoms. The molecule has 0 aliphatic carbocycles. The van der Waals surface area contributed by atoms with Crippen molar-refractivity contribution in [1.82, 2.24) is 29.5 Å². The van der Waals surface area contributed by atoms with Gasteiger partial charge in [0.2, 0.25) is 11.7 Å². The summed E-state index contributed by atoms with van der Waals surface area (Å²) in [5, 5.41) is 12.7. The van der Waals surface area contributed by atoms with Crippen LogP contribution in [0.1, 0.15) is 17.0 Å². The number of fused-ring (bicyclic) bond motifs is 1. The molecule has 0 spiro atoms. The fourth-order valence-electron chi connectivity index (χ4n) is 3.44. The molecule has 148 valence electrons. The molecule has 0 unspecified atom stereocenters. The van der Waals surface area contributed by atoms with Gasteiger partial charge in [-0.05, 0) is 25.5 Å². The lowest BCUT2D eigenvalue weighted by Crippen LogP contribution is -2.25. The molecule has 0 radical (unpaired) electrons. The molecule has 5 aromatic rings. The molecule has 2 aromatic carbocycles. The highest BCUT2D eigenvalue weighted by molar-refractivity contribution is 5.68. The van der Waals surface area contributed by atoms with E-state index in [9.17, 15) is 4.79 Å². The molecule has 0 aliphatic rings. The maximum absolute atomic E-state index is 12.9. The van der Waals surface area contributed by atoms with Crippen LogP contribution in [0.2, 0.25) is 0 Å². The predicted molar refractivity (Wildman–Crippen MR) is 111 cm³/mol. The molecule has 0 aliphatic heterocycles. The van der Waals surface area contributed by atoms with E-state index in [1.54, 1.807) is 6.07 Å². The zero-order valence-corrected chi connectivity index (χ0v) is 16.5. The third-order valence-corrected chi connectivity index (χ3v) is 4.93. The Morgan fingerprint density at radius 2 is 1.87 bits per heavy atom. The van der Waals surface area contributed by atoms with Crippen molar-refractivity contribution in [1.29, 1.82) is 0 Å². The number of rotatable bonds is 4. The van der Waals surface area contributed by atoms with Crippen LogP contribution in [-0.4, -0.2) is 29.5 Å². The largest absolute Gasteiger partial charge is 0.337 e. The van der Waals surface area contributed by atoms with Crippen LogP contribution in [0.25, 0.3) is 28.2 Å². The van der Waals surface area contributed by atoms with E-state index in [1.165, 1.54) is 21.1 Å². The van der Waals surface area contributed by atoms with Crippen LogP contribution in [0.3, 0.4) is 0 Å². The molecule has 0 N–H and O–H groups in total. The van der Waals surface area contributed by atoms with E-state index in [2.05, 4.69) is 26.4 Å². The molecule has 3 aromatic heterocycles. The quantitative estimate of drug-likeness (QED) is 0.461. The Morgan fingerprint density at radius 3 is 2.67 bits per heavy atom. The minimum atomic E-state index is -0.277. The molecule has 0 saturated carbocycles. The minimum Gasteiger partial charge on any atom is -0.337 e. The lowest BCUT2D eigenvalue weighted by molar-refractivity contribution is 0.362. The van der Waals surface area contributed by atoms with Crippen molar-refractivity contribution < 1.29 is 4.52 Å². The first kappa shape index (κ1) is 18.0. The van der Waals surface area contributed by atoms with Gasteiger partial charge in [-0.2, -0.15) is 15.2 Å². The predicted octanol–water partition coefficient (Wildman–Crippen LogP) is 3.27. The van der Waals surface area contributed by atoms with E-state index in [-0.39, 0.29) is 12.1 Å². The van der Waals surface area contributed by atoms with Gasteiger partial charge in [0.05, 0.1) is 5.69 Å². The van der Waals surface area contributed by atoms with Crippen molar-refractivity contribution in [2.45, 2.75) is 20.4 Å². The van der Waals surface area contributed by atoms with Crippen molar-refractivity contribution in [3.05, 3.63) is 88.3 Å². The summed E-state index contributed by atoms with van der Waals surface area (Å²) in [5.74, 6) is 0.781. The highest BCUT2D eigenvalue weighted by atomic mass is 16.5. The number of hydrogen-bond donors (Lipinski definition) is 0. The van der Waals surface area contributed by atoms with Crippen LogP contribution in [0.4, 0.5) is 0 Å². The first-order valence-corrected chi connectivity index (χ1v) is 9.49. The third kappa shape index (κ3) is 3.18. The second-order valence-electron chi connectivity index (χ2n) is 7.15. The topological polar surface area (TPSA) is 91.1 Å². The van der Waals surface area contributed by atoms with E-state index in [0.29, 0.717) is 17.2 Å². The standard InChI is InChI=1S/C22H18N6O2/c1-14-8-9-17(15(2)10-14)18-11-19-22(29)27(23-13-28(19)25-18)12-20-24-21(26-30-20)16-6-4-3-5-7-16/h3-11,13H,12H2,1-2H3. The summed E-state index contributed by atoms with van der Waals surface area (Å²) in [6.07, 6.45) is 1.51. The van der Waals surface area contributed by atoms with E-state index < -0.39 is 0 Å². The lowest BCUT2D eigenvalue weighted by atomic mass is 10.0. The molecular formula is C22H18N6O2. The van der Waals surface area contributed by atoms with Gasteiger partial charge in [-0.15, -0.1) is 0 Å². The van der Waals surface area contributed by atoms with Crippen LogP contribution < -0.4 is 5.56 Å². The van der Waals surface area contributed by atoms with Gasteiger partial charge >= 0.3 is 0 Å². The molecule has 8 heteroatoms. The van der Waals surface area contributed by atoms with E-state index >= 15 is 0 Å². The molecule has 8 nitrogen and oxygen atoms in total. The fraction of sp³-hybridized carbons (Fsp3) is 0.136. The Labute approximate surface area is 171 Å². The summed E-state index contributed by atoms with van der Waals surface area (Å²) in [4.78, 5) is 17.3. The number of aryl methyl sites for hydroxylation is 2. The Hall–Kier alpha value is -4.07. The number of benzene rings is 2. The fourth-order valence-corrected chi connectivity index (χ4v) is 3.44. The number of hydrogen-bond acceptors (Lipinski definition) is 6.